The largest absolute Gasteiger partial charge is 0.355 e. The van der Waals surface area contributed by atoms with Crippen LogP contribution >= 0.6 is 0 Å². The summed E-state index contributed by atoms with van der Waals surface area (Å²) in [5.74, 6) is -0.217. The maximum Gasteiger partial charge on any atom is 0.274 e. The molecule has 0 fully saturated rings. The summed E-state index contributed by atoms with van der Waals surface area (Å²) >= 11 is 0. The third kappa shape index (κ3) is 5.93. The number of hydrogen-bond donors (Lipinski definition) is 1. The van der Waals surface area contributed by atoms with Gasteiger partial charge in [-0.3, -0.25) is 19.1 Å². The summed E-state index contributed by atoms with van der Waals surface area (Å²) in [5, 5.41) is 7.19. The topological polar surface area (TPSA) is 87.5 Å². The van der Waals surface area contributed by atoms with E-state index in [1.807, 2.05) is 30.3 Å². The molecule has 1 N–H and O–H groups in total. The van der Waals surface area contributed by atoms with Gasteiger partial charge >= 0.3 is 0 Å². The molecule has 0 aliphatic carbocycles. The lowest BCUT2D eigenvalue weighted by Gasteiger charge is -2.20. The highest BCUT2D eigenvalue weighted by Crippen LogP contribution is 2.17. The second kappa shape index (κ2) is 10.2. The molecule has 3 rings (SSSR count). The minimum atomic E-state index is -0.373. The third-order valence-corrected chi connectivity index (χ3v) is 5.29. The van der Waals surface area contributed by atoms with Crippen LogP contribution in [0.2, 0.25) is 0 Å². The van der Waals surface area contributed by atoms with Crippen LogP contribution in [0, 0.1) is 5.92 Å². The van der Waals surface area contributed by atoms with Gasteiger partial charge in [0, 0.05) is 39.3 Å². The van der Waals surface area contributed by atoms with Crippen LogP contribution in [0.25, 0.3) is 0 Å². The van der Waals surface area contributed by atoms with Gasteiger partial charge in [0.2, 0.25) is 5.91 Å². The minimum absolute atomic E-state index is 0.0484. The highest BCUT2D eigenvalue weighted by Gasteiger charge is 2.27. The number of amides is 3. The quantitative estimate of drug-likeness (QED) is 0.702. The van der Waals surface area contributed by atoms with Crippen LogP contribution < -0.4 is 5.32 Å². The average Bonchev–Trinajstić information content (AvgIpc) is 3.10. The first-order valence-electron chi connectivity index (χ1n) is 10.8. The van der Waals surface area contributed by atoms with Crippen LogP contribution in [0.3, 0.4) is 0 Å². The third-order valence-electron chi connectivity index (χ3n) is 5.29. The lowest BCUT2D eigenvalue weighted by atomic mass is 10.1. The number of benzene rings is 1. The van der Waals surface area contributed by atoms with Crippen molar-refractivity contribution in [1.82, 2.24) is 24.9 Å². The van der Waals surface area contributed by atoms with Gasteiger partial charge < -0.3 is 15.1 Å². The predicted molar refractivity (Wildman–Crippen MR) is 117 cm³/mol. The number of nitrogens with one attached hydrogen (secondary N) is 1. The average molecular weight is 426 g/mol. The van der Waals surface area contributed by atoms with Gasteiger partial charge in [-0.15, -0.1) is 0 Å². The number of aromatic nitrogens is 2. The Bertz CT molecular complexity index is 923. The summed E-state index contributed by atoms with van der Waals surface area (Å²) in [6.45, 7) is 6.44. The normalized spacial score (nSPS) is 13.7. The van der Waals surface area contributed by atoms with Gasteiger partial charge in [0.1, 0.15) is 5.69 Å². The van der Waals surface area contributed by atoms with E-state index >= 15 is 0 Å². The van der Waals surface area contributed by atoms with Crippen LogP contribution in [0.5, 0.6) is 0 Å². The molecule has 3 amide bonds. The Morgan fingerprint density at radius 2 is 1.94 bits per heavy atom. The van der Waals surface area contributed by atoms with E-state index in [2.05, 4.69) is 24.3 Å². The number of rotatable bonds is 8. The minimum Gasteiger partial charge on any atom is -0.355 e. The Morgan fingerprint density at radius 3 is 2.65 bits per heavy atom. The van der Waals surface area contributed by atoms with Crippen molar-refractivity contribution in [3.05, 3.63) is 53.3 Å². The highest BCUT2D eigenvalue weighted by molar-refractivity contribution is 5.99. The molecule has 31 heavy (non-hydrogen) atoms. The van der Waals surface area contributed by atoms with Crippen LogP contribution in [0.4, 0.5) is 0 Å². The van der Waals surface area contributed by atoms with E-state index in [1.54, 1.807) is 22.7 Å². The molecule has 0 saturated heterocycles. The number of aryl methyl sites for hydroxylation is 1. The molecule has 2 aromatic rings. The van der Waals surface area contributed by atoms with Gasteiger partial charge in [0.05, 0.1) is 6.54 Å². The van der Waals surface area contributed by atoms with Crippen molar-refractivity contribution in [3.8, 4) is 0 Å². The van der Waals surface area contributed by atoms with Gasteiger partial charge in [0.25, 0.3) is 11.8 Å². The second-order valence-electron chi connectivity index (χ2n) is 8.40. The summed E-state index contributed by atoms with van der Waals surface area (Å²) < 4.78 is 1.61. The van der Waals surface area contributed by atoms with Gasteiger partial charge in [-0.25, -0.2) is 0 Å². The summed E-state index contributed by atoms with van der Waals surface area (Å²) in [4.78, 5) is 41.1. The van der Waals surface area contributed by atoms with Gasteiger partial charge in [0.15, 0.2) is 5.69 Å². The Morgan fingerprint density at radius 1 is 1.19 bits per heavy atom. The fourth-order valence-electron chi connectivity index (χ4n) is 3.53. The monoisotopic (exact) mass is 425 g/mol. The fourth-order valence-corrected chi connectivity index (χ4v) is 3.53. The molecule has 1 aliphatic heterocycles. The van der Waals surface area contributed by atoms with E-state index < -0.39 is 0 Å². The van der Waals surface area contributed by atoms with E-state index in [9.17, 15) is 14.4 Å². The Balaban J connectivity index is 1.65. The number of hydrogen-bond acceptors (Lipinski definition) is 4. The van der Waals surface area contributed by atoms with Crippen molar-refractivity contribution in [1.29, 1.82) is 0 Å². The molecule has 0 atom stereocenters. The van der Waals surface area contributed by atoms with E-state index in [4.69, 9.17) is 0 Å². The predicted octanol–water partition coefficient (Wildman–Crippen LogP) is 2.16. The van der Waals surface area contributed by atoms with Crippen LogP contribution in [-0.4, -0.2) is 64.0 Å². The molecule has 1 aromatic carbocycles. The summed E-state index contributed by atoms with van der Waals surface area (Å²) in [7, 11) is 1.57. The van der Waals surface area contributed by atoms with Crippen LogP contribution in [0.1, 0.15) is 53.2 Å². The molecular formula is C23H31N5O3. The highest BCUT2D eigenvalue weighted by atomic mass is 16.2. The van der Waals surface area contributed by atoms with Gasteiger partial charge in [-0.1, -0.05) is 44.2 Å². The lowest BCUT2D eigenvalue weighted by Crippen LogP contribution is -2.39. The number of nitrogens with zero attached hydrogens (tertiary/aromatic N) is 4. The van der Waals surface area contributed by atoms with Crippen molar-refractivity contribution in [2.75, 3.05) is 26.7 Å². The van der Waals surface area contributed by atoms with Crippen LogP contribution in [-0.2, 0) is 17.9 Å². The summed E-state index contributed by atoms with van der Waals surface area (Å²) in [5.41, 5.74) is 1.65. The van der Waals surface area contributed by atoms with Crippen molar-refractivity contribution < 1.29 is 14.4 Å². The molecule has 0 spiro atoms. The number of likely N-dealkylation sites (N-methyl/N-ethyl adjacent to an activating group) is 1. The van der Waals surface area contributed by atoms with E-state index in [-0.39, 0.29) is 30.0 Å². The maximum absolute atomic E-state index is 13.1. The van der Waals surface area contributed by atoms with Crippen molar-refractivity contribution in [3.63, 3.8) is 0 Å². The first-order valence-corrected chi connectivity index (χ1v) is 10.8. The first kappa shape index (κ1) is 22.5. The van der Waals surface area contributed by atoms with E-state index in [1.165, 1.54) is 4.90 Å². The first-order chi connectivity index (χ1) is 14.8. The van der Waals surface area contributed by atoms with E-state index in [0.717, 1.165) is 18.4 Å². The Kier molecular flexibility index (Phi) is 7.44. The molecule has 8 heteroatoms. The second-order valence-corrected chi connectivity index (χ2v) is 8.40. The lowest BCUT2D eigenvalue weighted by molar-refractivity contribution is -0.121. The fraction of sp³-hybridized carbons (Fsp3) is 0.478. The molecule has 0 saturated carbocycles. The summed E-state index contributed by atoms with van der Waals surface area (Å²) in [6, 6.07) is 11.4. The van der Waals surface area contributed by atoms with Crippen LogP contribution in [0.15, 0.2) is 36.4 Å². The molecule has 1 aliphatic rings. The smallest absolute Gasteiger partial charge is 0.274 e. The SMILES string of the molecule is CC(C)CCNC(=O)CN(C)C(=O)c1cc2n(n1)CCCN(Cc1ccccc1)C2=O. The molecular weight excluding hydrogens is 394 g/mol. The number of fused-ring (bicyclic) bond motifs is 1. The van der Waals surface area contributed by atoms with Crippen molar-refractivity contribution >= 4 is 17.7 Å². The molecule has 166 valence electrons. The van der Waals surface area contributed by atoms with Gasteiger partial charge in [-0.2, -0.15) is 5.10 Å². The molecule has 2 heterocycles. The molecule has 8 nitrogen and oxygen atoms in total. The van der Waals surface area contributed by atoms with E-state index in [0.29, 0.717) is 37.8 Å². The van der Waals surface area contributed by atoms with Crippen molar-refractivity contribution in [2.45, 2.75) is 39.8 Å². The van der Waals surface area contributed by atoms with Crippen molar-refractivity contribution in [2.24, 2.45) is 5.92 Å². The Hall–Kier alpha value is -3.16. The number of carbonyl (C=O) groups is 3. The molecule has 1 aromatic heterocycles. The zero-order chi connectivity index (χ0) is 22.4. The maximum atomic E-state index is 13.1. The van der Waals surface area contributed by atoms with Gasteiger partial charge in [-0.05, 0) is 24.3 Å². The zero-order valence-electron chi connectivity index (χ0n) is 18.5. The molecule has 0 bridgehead atoms. The standard InChI is InChI=1S/C23H31N5O3/c1-17(2)10-11-24-21(29)16-26(3)22(30)19-14-20-23(31)27(12-7-13-28(20)25-19)15-18-8-5-4-6-9-18/h4-6,8-9,14,17H,7,10-13,15-16H2,1-3H3,(H,24,29). The summed E-state index contributed by atoms with van der Waals surface area (Å²) in [6.07, 6.45) is 1.65. The molecule has 0 radical (unpaired) electrons. The molecule has 0 unspecified atom stereocenters. The zero-order valence-corrected chi connectivity index (χ0v) is 18.5. The number of carbonyl (C=O) groups excluding carboxylic acids is 3. The Labute approximate surface area is 183 Å².